The third kappa shape index (κ3) is 5.83. The molecule has 198 valence electrons. The van der Waals surface area contributed by atoms with Crippen molar-refractivity contribution in [2.24, 2.45) is 0 Å². The lowest BCUT2D eigenvalue weighted by atomic mass is 10.00. The molecule has 1 fully saturated rings. The van der Waals surface area contributed by atoms with Crippen LogP contribution in [0.3, 0.4) is 0 Å². The van der Waals surface area contributed by atoms with Crippen LogP contribution in [0.5, 0.6) is 0 Å². The third-order valence-corrected chi connectivity index (χ3v) is 7.91. The maximum absolute atomic E-state index is 13.9. The van der Waals surface area contributed by atoms with E-state index < -0.39 is 18.1 Å². The average Bonchev–Trinajstić information content (AvgIpc) is 2.95. The highest BCUT2D eigenvalue weighted by Gasteiger charge is 2.54. The van der Waals surface area contributed by atoms with E-state index >= 15 is 0 Å². The minimum atomic E-state index is -0.693. The molecule has 3 aromatic rings. The topological polar surface area (TPSA) is 75.7 Å². The highest BCUT2D eigenvalue weighted by molar-refractivity contribution is 8.00. The van der Waals surface area contributed by atoms with Gasteiger partial charge in [0, 0.05) is 5.75 Å². The number of fused-ring (bicyclic) bond motifs is 1. The molecule has 2 atom stereocenters. The van der Waals surface area contributed by atoms with Crippen LogP contribution < -0.4 is 5.32 Å². The molecule has 6 nitrogen and oxygen atoms in total. The minimum absolute atomic E-state index is 0.186. The molecule has 0 saturated carbocycles. The molecular weight excluding hydrogens is 508 g/mol. The van der Waals surface area contributed by atoms with Gasteiger partial charge in [-0.3, -0.25) is 14.5 Å². The van der Waals surface area contributed by atoms with E-state index in [4.69, 9.17) is 4.74 Å². The largest absolute Gasteiger partial charge is 0.448 e. The number of amides is 2. The Bertz CT molecular complexity index is 1380. The fraction of sp³-hybridized carbons (Fsp3) is 0.219. The second kappa shape index (κ2) is 11.7. The smallest absolute Gasteiger partial charge is 0.356 e. The number of rotatable bonds is 8. The van der Waals surface area contributed by atoms with Gasteiger partial charge in [-0.15, -0.1) is 11.8 Å². The molecular formula is C32H30N2O4S. The van der Waals surface area contributed by atoms with Gasteiger partial charge in [0.15, 0.2) is 6.10 Å². The highest BCUT2D eigenvalue weighted by Crippen LogP contribution is 2.42. The van der Waals surface area contributed by atoms with Gasteiger partial charge >= 0.3 is 5.97 Å². The molecule has 0 spiro atoms. The van der Waals surface area contributed by atoms with Gasteiger partial charge in [-0.25, -0.2) is 4.79 Å². The number of allylic oxidation sites excluding steroid dienone is 2. The molecule has 0 radical (unpaired) electrons. The number of benzene rings is 3. The van der Waals surface area contributed by atoms with Gasteiger partial charge in [0.2, 0.25) is 5.91 Å². The van der Waals surface area contributed by atoms with Gasteiger partial charge in [0.25, 0.3) is 5.91 Å². The van der Waals surface area contributed by atoms with Gasteiger partial charge in [0.1, 0.15) is 17.1 Å². The minimum Gasteiger partial charge on any atom is -0.448 e. The molecule has 1 unspecified atom stereocenters. The molecule has 39 heavy (non-hydrogen) atoms. The van der Waals surface area contributed by atoms with E-state index in [0.29, 0.717) is 5.75 Å². The van der Waals surface area contributed by atoms with Crippen molar-refractivity contribution < 1.29 is 19.1 Å². The van der Waals surface area contributed by atoms with Gasteiger partial charge in [0.05, 0.1) is 6.42 Å². The van der Waals surface area contributed by atoms with Crippen molar-refractivity contribution >= 4 is 29.5 Å². The summed E-state index contributed by atoms with van der Waals surface area (Å²) in [5.74, 6) is -0.573. The summed E-state index contributed by atoms with van der Waals surface area (Å²) in [6, 6.07) is 27.8. The number of carbonyl (C=O) groups excluding carboxylic acids is 3. The Morgan fingerprint density at radius 3 is 2.08 bits per heavy atom. The maximum atomic E-state index is 13.9. The van der Waals surface area contributed by atoms with E-state index in [-0.39, 0.29) is 29.3 Å². The number of thioether (sulfide) groups is 1. The standard InChI is InChI=1S/C32H30N2O4S/c1-21(2)18-25-20-39-31-27(33-26(35)19-22-12-6-3-7-13-22)30(36)34(31)28(25)32(37)38-29(23-14-8-4-9-15-23)24-16-10-5-11-17-24/h3-18,27,29,31H,19-20H2,1-2H3,(H,33,35)/t27?,31-/m1/s1. The van der Waals surface area contributed by atoms with E-state index in [0.717, 1.165) is 27.8 Å². The average molecular weight is 539 g/mol. The fourth-order valence-corrected chi connectivity index (χ4v) is 6.15. The lowest BCUT2D eigenvalue weighted by Crippen LogP contribution is -2.70. The molecule has 7 heteroatoms. The van der Waals surface area contributed by atoms with Crippen LogP contribution in [-0.4, -0.2) is 39.9 Å². The van der Waals surface area contributed by atoms with E-state index in [1.807, 2.05) is 111 Å². The van der Waals surface area contributed by atoms with E-state index in [1.54, 1.807) is 0 Å². The molecule has 1 N–H and O–H groups in total. The molecule has 2 aliphatic rings. The van der Waals surface area contributed by atoms with E-state index in [1.165, 1.54) is 16.7 Å². The van der Waals surface area contributed by atoms with Crippen molar-refractivity contribution in [1.82, 2.24) is 10.2 Å². The summed E-state index contributed by atoms with van der Waals surface area (Å²) in [6.45, 7) is 3.90. The first kappa shape index (κ1) is 26.5. The zero-order valence-electron chi connectivity index (χ0n) is 21.9. The first-order valence-corrected chi connectivity index (χ1v) is 13.9. The van der Waals surface area contributed by atoms with Crippen molar-refractivity contribution in [3.63, 3.8) is 0 Å². The Labute approximate surface area is 232 Å². The zero-order valence-corrected chi connectivity index (χ0v) is 22.7. The number of nitrogens with one attached hydrogen (secondary N) is 1. The van der Waals surface area contributed by atoms with Crippen molar-refractivity contribution in [1.29, 1.82) is 0 Å². The number of carbonyl (C=O) groups is 3. The van der Waals surface area contributed by atoms with Crippen LogP contribution in [0.4, 0.5) is 0 Å². The molecule has 0 aromatic heterocycles. The lowest BCUT2D eigenvalue weighted by molar-refractivity contribution is -0.154. The number of ether oxygens (including phenoxy) is 1. The van der Waals surface area contributed by atoms with Crippen LogP contribution in [0.25, 0.3) is 0 Å². The Balaban J connectivity index is 1.40. The third-order valence-electron chi connectivity index (χ3n) is 6.61. The predicted molar refractivity (Wildman–Crippen MR) is 152 cm³/mol. The normalized spacial score (nSPS) is 18.2. The van der Waals surface area contributed by atoms with E-state index in [9.17, 15) is 14.4 Å². The summed E-state index contributed by atoms with van der Waals surface area (Å²) < 4.78 is 6.15. The monoisotopic (exact) mass is 538 g/mol. The number of β-lactam (4-membered cyclic amide) rings is 1. The molecule has 5 rings (SSSR count). The van der Waals surface area contributed by atoms with Crippen LogP contribution >= 0.6 is 11.8 Å². The quantitative estimate of drug-likeness (QED) is 0.316. The van der Waals surface area contributed by atoms with Gasteiger partial charge in [-0.1, -0.05) is 103 Å². The molecule has 3 aromatic carbocycles. The molecule has 0 aliphatic carbocycles. The molecule has 2 heterocycles. The first-order chi connectivity index (χ1) is 18.9. The Kier molecular flexibility index (Phi) is 7.98. The number of nitrogens with zero attached hydrogens (tertiary/aromatic N) is 1. The summed E-state index contributed by atoms with van der Waals surface area (Å²) in [6.07, 6.45) is 1.48. The Hall–Kier alpha value is -4.10. The summed E-state index contributed by atoms with van der Waals surface area (Å²) >= 11 is 1.54. The SMILES string of the molecule is CC(C)=CC1=C(C(=O)OC(c2ccccc2)c2ccccc2)N2C(=O)C(NC(=O)Cc3ccccc3)[C@H]2SC1. The summed E-state index contributed by atoms with van der Waals surface area (Å²) in [5.41, 5.74) is 4.54. The lowest BCUT2D eigenvalue weighted by Gasteiger charge is -2.49. The maximum Gasteiger partial charge on any atom is 0.356 e. The van der Waals surface area contributed by atoms with Gasteiger partial charge in [-0.2, -0.15) is 0 Å². The summed E-state index contributed by atoms with van der Waals surface area (Å²) in [5, 5.41) is 2.51. The second-order valence-electron chi connectivity index (χ2n) is 9.82. The van der Waals surface area contributed by atoms with Crippen LogP contribution in [-0.2, 0) is 25.5 Å². The molecule has 2 amide bonds. The number of hydrogen-bond donors (Lipinski definition) is 1. The van der Waals surface area contributed by atoms with Gasteiger partial charge in [-0.05, 0) is 36.1 Å². The number of hydrogen-bond acceptors (Lipinski definition) is 5. The van der Waals surface area contributed by atoms with Crippen LogP contribution in [0, 0.1) is 0 Å². The predicted octanol–water partition coefficient (Wildman–Crippen LogP) is 5.18. The zero-order chi connectivity index (χ0) is 27.4. The van der Waals surface area contributed by atoms with E-state index in [2.05, 4.69) is 5.32 Å². The van der Waals surface area contributed by atoms with Gasteiger partial charge < -0.3 is 10.1 Å². The summed E-state index contributed by atoms with van der Waals surface area (Å²) in [4.78, 5) is 41.5. The van der Waals surface area contributed by atoms with Crippen molar-refractivity contribution in [3.05, 3.63) is 131 Å². The van der Waals surface area contributed by atoms with Crippen molar-refractivity contribution in [2.45, 2.75) is 37.8 Å². The second-order valence-corrected chi connectivity index (χ2v) is 10.9. The molecule has 1 saturated heterocycles. The van der Waals surface area contributed by atoms with Crippen molar-refractivity contribution in [3.8, 4) is 0 Å². The van der Waals surface area contributed by atoms with Crippen LogP contribution in [0.15, 0.2) is 114 Å². The highest BCUT2D eigenvalue weighted by atomic mass is 32.2. The number of esters is 1. The fourth-order valence-electron chi connectivity index (χ4n) is 4.84. The van der Waals surface area contributed by atoms with Crippen LogP contribution in [0.2, 0.25) is 0 Å². The Morgan fingerprint density at radius 2 is 1.51 bits per heavy atom. The van der Waals surface area contributed by atoms with Crippen LogP contribution in [0.1, 0.15) is 36.6 Å². The Morgan fingerprint density at radius 1 is 0.949 bits per heavy atom. The summed E-state index contributed by atoms with van der Waals surface area (Å²) in [7, 11) is 0. The molecule has 0 bridgehead atoms. The van der Waals surface area contributed by atoms with Crippen molar-refractivity contribution in [2.75, 3.05) is 5.75 Å². The molecule has 2 aliphatic heterocycles. The first-order valence-electron chi connectivity index (χ1n) is 12.9.